The minimum atomic E-state index is -0.976. The lowest BCUT2D eigenvalue weighted by Gasteiger charge is -2.23. The van der Waals surface area contributed by atoms with Crippen molar-refractivity contribution in [1.82, 2.24) is 0 Å². The fraction of sp³-hybridized carbons (Fsp3) is 0.462. The number of carboxylic acids is 1. The van der Waals surface area contributed by atoms with Gasteiger partial charge in [0.25, 0.3) is 0 Å². The highest BCUT2D eigenvalue weighted by atomic mass is 35.5. The van der Waals surface area contributed by atoms with Gasteiger partial charge in [-0.15, -0.1) is 0 Å². The molecule has 1 aromatic carbocycles. The molecule has 0 bridgehead atoms. The Morgan fingerprint density at radius 2 is 2.00 bits per heavy atom. The zero-order chi connectivity index (χ0) is 12.3. The van der Waals surface area contributed by atoms with Gasteiger partial charge in [0.05, 0.1) is 16.7 Å². The summed E-state index contributed by atoms with van der Waals surface area (Å²) in [6.45, 7) is 0. The lowest BCUT2D eigenvalue weighted by atomic mass is 9.98. The summed E-state index contributed by atoms with van der Waals surface area (Å²) in [5.41, 5.74) is 0.186. The monoisotopic (exact) mass is 254 g/mol. The Bertz CT molecular complexity index is 411. The molecular formula is C13H15ClO3. The summed E-state index contributed by atoms with van der Waals surface area (Å²) in [4.78, 5) is 10.8. The molecule has 3 nitrogen and oxygen atoms in total. The third kappa shape index (κ3) is 3.13. The van der Waals surface area contributed by atoms with Crippen LogP contribution in [0.15, 0.2) is 18.2 Å². The number of carboxylic acid groups (broad SMARTS) is 1. The lowest BCUT2D eigenvalue weighted by Crippen LogP contribution is -2.19. The second-order valence-electron chi connectivity index (χ2n) is 4.33. The first-order valence-corrected chi connectivity index (χ1v) is 6.24. The Kier molecular flexibility index (Phi) is 3.89. The second kappa shape index (κ2) is 5.41. The van der Waals surface area contributed by atoms with Crippen LogP contribution in [0.3, 0.4) is 0 Å². The smallest absolute Gasteiger partial charge is 0.335 e. The van der Waals surface area contributed by atoms with E-state index in [-0.39, 0.29) is 11.7 Å². The molecule has 0 unspecified atom stereocenters. The molecule has 1 fully saturated rings. The fourth-order valence-corrected chi connectivity index (χ4v) is 2.32. The molecule has 1 aromatic rings. The largest absolute Gasteiger partial charge is 0.489 e. The van der Waals surface area contributed by atoms with Gasteiger partial charge in [0.1, 0.15) is 5.75 Å². The maximum atomic E-state index is 10.8. The Balaban J connectivity index is 2.08. The number of hydrogen-bond donors (Lipinski definition) is 1. The van der Waals surface area contributed by atoms with Crippen molar-refractivity contribution < 1.29 is 14.6 Å². The summed E-state index contributed by atoms with van der Waals surface area (Å²) >= 11 is 6.00. The molecule has 1 aliphatic carbocycles. The molecule has 4 heteroatoms. The third-order valence-corrected chi connectivity index (χ3v) is 3.32. The molecule has 1 saturated carbocycles. The Morgan fingerprint density at radius 1 is 1.29 bits per heavy atom. The van der Waals surface area contributed by atoms with Gasteiger partial charge < -0.3 is 9.84 Å². The van der Waals surface area contributed by atoms with Crippen molar-refractivity contribution in [3.05, 3.63) is 28.8 Å². The second-order valence-corrected chi connectivity index (χ2v) is 4.74. The standard InChI is InChI=1S/C13H15ClO3/c14-11-8-9(13(15)16)6-7-12(11)17-10-4-2-1-3-5-10/h6-8,10H,1-5H2,(H,15,16). The van der Waals surface area contributed by atoms with E-state index in [4.69, 9.17) is 21.4 Å². The van der Waals surface area contributed by atoms with Crippen LogP contribution in [0.1, 0.15) is 42.5 Å². The molecule has 0 saturated heterocycles. The molecule has 2 rings (SSSR count). The topological polar surface area (TPSA) is 46.5 Å². The Hall–Kier alpha value is -1.22. The predicted octanol–water partition coefficient (Wildman–Crippen LogP) is 3.75. The van der Waals surface area contributed by atoms with Crippen molar-refractivity contribution in [2.45, 2.75) is 38.2 Å². The minimum absolute atomic E-state index is 0.186. The van der Waals surface area contributed by atoms with Gasteiger partial charge in [0.2, 0.25) is 0 Å². The minimum Gasteiger partial charge on any atom is -0.489 e. The highest BCUT2D eigenvalue weighted by Crippen LogP contribution is 2.29. The number of aromatic carboxylic acids is 1. The number of benzene rings is 1. The van der Waals surface area contributed by atoms with Crippen LogP contribution < -0.4 is 4.74 Å². The van der Waals surface area contributed by atoms with Crippen LogP contribution in [0.4, 0.5) is 0 Å². The molecule has 0 radical (unpaired) electrons. The van der Waals surface area contributed by atoms with Crippen LogP contribution >= 0.6 is 11.6 Å². The van der Waals surface area contributed by atoms with Gasteiger partial charge in [-0.3, -0.25) is 0 Å². The van der Waals surface area contributed by atoms with Gasteiger partial charge in [-0.05, 0) is 43.9 Å². The summed E-state index contributed by atoms with van der Waals surface area (Å²) in [6.07, 6.45) is 5.97. The molecular weight excluding hydrogens is 240 g/mol. The first-order valence-electron chi connectivity index (χ1n) is 5.86. The van der Waals surface area contributed by atoms with Crippen LogP contribution in [0.5, 0.6) is 5.75 Å². The highest BCUT2D eigenvalue weighted by Gasteiger charge is 2.16. The van der Waals surface area contributed by atoms with Crippen LogP contribution in [-0.4, -0.2) is 17.2 Å². The van der Waals surface area contributed by atoms with Crippen molar-refractivity contribution in [1.29, 1.82) is 0 Å². The van der Waals surface area contributed by atoms with Gasteiger partial charge in [-0.2, -0.15) is 0 Å². The van der Waals surface area contributed by atoms with Gasteiger partial charge in [-0.25, -0.2) is 4.79 Å². The highest BCUT2D eigenvalue weighted by molar-refractivity contribution is 6.32. The van der Waals surface area contributed by atoms with E-state index >= 15 is 0 Å². The number of ether oxygens (including phenoxy) is 1. The average Bonchev–Trinajstić information content (AvgIpc) is 2.33. The van der Waals surface area contributed by atoms with E-state index in [1.54, 1.807) is 6.07 Å². The molecule has 92 valence electrons. The van der Waals surface area contributed by atoms with Crippen LogP contribution in [0.2, 0.25) is 5.02 Å². The van der Waals surface area contributed by atoms with Gasteiger partial charge >= 0.3 is 5.97 Å². The maximum absolute atomic E-state index is 10.8. The van der Waals surface area contributed by atoms with Crippen molar-refractivity contribution in [3.63, 3.8) is 0 Å². The molecule has 0 amide bonds. The summed E-state index contributed by atoms with van der Waals surface area (Å²) < 4.78 is 5.80. The van der Waals surface area contributed by atoms with E-state index in [2.05, 4.69) is 0 Å². The molecule has 0 aliphatic heterocycles. The predicted molar refractivity (Wildman–Crippen MR) is 65.9 cm³/mol. The molecule has 0 aromatic heterocycles. The van der Waals surface area contributed by atoms with E-state index in [1.165, 1.54) is 31.4 Å². The molecule has 1 aliphatic rings. The SMILES string of the molecule is O=C(O)c1ccc(OC2CCCCC2)c(Cl)c1. The number of halogens is 1. The third-order valence-electron chi connectivity index (χ3n) is 3.02. The van der Waals surface area contributed by atoms with Crippen molar-refractivity contribution in [2.24, 2.45) is 0 Å². The normalized spacial score (nSPS) is 16.8. The van der Waals surface area contributed by atoms with Crippen molar-refractivity contribution >= 4 is 17.6 Å². The molecule has 1 N–H and O–H groups in total. The van der Waals surface area contributed by atoms with E-state index in [0.29, 0.717) is 10.8 Å². The van der Waals surface area contributed by atoms with Crippen molar-refractivity contribution in [3.8, 4) is 5.75 Å². The zero-order valence-corrected chi connectivity index (χ0v) is 10.2. The quantitative estimate of drug-likeness (QED) is 0.894. The maximum Gasteiger partial charge on any atom is 0.335 e. The van der Waals surface area contributed by atoms with Gasteiger partial charge in [0, 0.05) is 0 Å². The summed E-state index contributed by atoms with van der Waals surface area (Å²) in [7, 11) is 0. The van der Waals surface area contributed by atoms with E-state index < -0.39 is 5.97 Å². The van der Waals surface area contributed by atoms with Crippen LogP contribution in [-0.2, 0) is 0 Å². The molecule has 0 heterocycles. The summed E-state index contributed by atoms with van der Waals surface area (Å²) in [5.74, 6) is -0.389. The van der Waals surface area contributed by atoms with E-state index in [0.717, 1.165) is 12.8 Å². The number of rotatable bonds is 3. The molecule has 17 heavy (non-hydrogen) atoms. The van der Waals surface area contributed by atoms with Gasteiger partial charge in [-0.1, -0.05) is 18.0 Å². The Labute approximate surface area is 105 Å². The number of carbonyl (C=O) groups is 1. The molecule has 0 spiro atoms. The first-order chi connectivity index (χ1) is 8.16. The van der Waals surface area contributed by atoms with Gasteiger partial charge in [0.15, 0.2) is 0 Å². The van der Waals surface area contributed by atoms with E-state index in [9.17, 15) is 4.79 Å². The summed E-state index contributed by atoms with van der Waals surface area (Å²) in [5, 5.41) is 9.19. The van der Waals surface area contributed by atoms with Crippen LogP contribution in [0.25, 0.3) is 0 Å². The lowest BCUT2D eigenvalue weighted by molar-refractivity contribution is 0.0697. The fourth-order valence-electron chi connectivity index (χ4n) is 2.09. The average molecular weight is 255 g/mol. The van der Waals surface area contributed by atoms with Crippen molar-refractivity contribution in [2.75, 3.05) is 0 Å². The van der Waals surface area contributed by atoms with Crippen LogP contribution in [0, 0.1) is 0 Å². The first kappa shape index (κ1) is 12.2. The Morgan fingerprint density at radius 3 is 2.59 bits per heavy atom. The molecule has 0 atom stereocenters. The summed E-state index contributed by atoms with van der Waals surface area (Å²) in [6, 6.07) is 4.59. The zero-order valence-electron chi connectivity index (χ0n) is 9.49. The van der Waals surface area contributed by atoms with E-state index in [1.807, 2.05) is 0 Å². The number of hydrogen-bond acceptors (Lipinski definition) is 2.